The van der Waals surface area contributed by atoms with Crippen molar-refractivity contribution in [3.8, 4) is 17.2 Å². The number of carbonyl (C=O) groups is 1. The first-order valence-corrected chi connectivity index (χ1v) is 8.99. The summed E-state index contributed by atoms with van der Waals surface area (Å²) in [6, 6.07) is 8.46. The maximum Gasteiger partial charge on any atom is 0.274 e. The van der Waals surface area contributed by atoms with Crippen LogP contribution in [-0.4, -0.2) is 28.2 Å². The summed E-state index contributed by atoms with van der Waals surface area (Å²) in [5, 5.41) is 21.0. The summed E-state index contributed by atoms with van der Waals surface area (Å²) in [7, 11) is 0. The van der Waals surface area contributed by atoms with E-state index in [-0.39, 0.29) is 11.5 Å². The van der Waals surface area contributed by atoms with Crippen LogP contribution in [0.15, 0.2) is 30.3 Å². The molecule has 0 radical (unpaired) electrons. The fraction of sp³-hybridized carbons (Fsp3) is 0.350. The lowest BCUT2D eigenvalue weighted by Gasteiger charge is -2.54. The van der Waals surface area contributed by atoms with Gasteiger partial charge in [0.05, 0.1) is 11.1 Å². The molecule has 7 rings (SSSR count). The minimum absolute atomic E-state index is 0.0287. The lowest BCUT2D eigenvalue weighted by Crippen LogP contribution is -2.61. The van der Waals surface area contributed by atoms with Gasteiger partial charge in [0.15, 0.2) is 11.9 Å². The number of Topliss-reactive ketones (excluding diaryl/α,β-unsaturated/α-hetero) is 1. The van der Waals surface area contributed by atoms with E-state index in [1.807, 2.05) is 0 Å². The SMILES string of the molecule is O=C1CC[C@]23Oc4ccc(O)c5c4[C@](Oc4cccc1c42)(O3)[C@@H]1O[C@@H]1C5O. The number of phenolic OH excluding ortho intramolecular Hbond substituents is 1. The summed E-state index contributed by atoms with van der Waals surface area (Å²) >= 11 is 0. The van der Waals surface area contributed by atoms with E-state index >= 15 is 0 Å². The molecule has 2 aliphatic carbocycles. The maximum absolute atomic E-state index is 12.4. The number of fused-ring (bicyclic) bond motifs is 1. The number of hydrogen-bond donors (Lipinski definition) is 2. The van der Waals surface area contributed by atoms with Crippen molar-refractivity contribution in [2.75, 3.05) is 0 Å². The van der Waals surface area contributed by atoms with E-state index in [1.165, 1.54) is 6.07 Å². The largest absolute Gasteiger partial charge is 0.508 e. The number of carbonyl (C=O) groups excluding carboxylic acids is 1. The predicted molar refractivity (Wildman–Crippen MR) is 87.4 cm³/mol. The van der Waals surface area contributed by atoms with Gasteiger partial charge in [-0.15, -0.1) is 0 Å². The Balaban J connectivity index is 1.58. The van der Waals surface area contributed by atoms with E-state index in [1.54, 1.807) is 24.3 Å². The molecule has 2 aromatic carbocycles. The molecule has 0 saturated carbocycles. The molecule has 136 valence electrons. The Bertz CT molecular complexity index is 1080. The van der Waals surface area contributed by atoms with Crippen LogP contribution in [0.3, 0.4) is 0 Å². The monoisotopic (exact) mass is 366 g/mol. The molecule has 2 aromatic rings. The number of epoxide rings is 1. The van der Waals surface area contributed by atoms with Crippen molar-refractivity contribution < 1.29 is 34.0 Å². The Morgan fingerprint density at radius 3 is 2.81 bits per heavy atom. The molecule has 27 heavy (non-hydrogen) atoms. The summed E-state index contributed by atoms with van der Waals surface area (Å²) in [6.45, 7) is 0. The molecule has 1 unspecified atom stereocenters. The third-order valence-corrected chi connectivity index (χ3v) is 6.28. The van der Waals surface area contributed by atoms with Crippen molar-refractivity contribution in [1.29, 1.82) is 0 Å². The Labute approximate surface area is 153 Å². The summed E-state index contributed by atoms with van der Waals surface area (Å²) in [4.78, 5) is 12.4. The smallest absolute Gasteiger partial charge is 0.274 e. The lowest BCUT2D eigenvalue weighted by atomic mass is 9.78. The molecule has 2 spiro atoms. The summed E-state index contributed by atoms with van der Waals surface area (Å²) in [5.41, 5.74) is 1.93. The second-order valence-electron chi connectivity index (χ2n) is 7.67. The van der Waals surface area contributed by atoms with Gasteiger partial charge in [-0.1, -0.05) is 12.1 Å². The normalized spacial score (nSPS) is 38.7. The fourth-order valence-electron chi connectivity index (χ4n) is 5.14. The van der Waals surface area contributed by atoms with Gasteiger partial charge >= 0.3 is 0 Å². The van der Waals surface area contributed by atoms with Gasteiger partial charge in [-0.25, -0.2) is 0 Å². The third kappa shape index (κ3) is 1.43. The molecule has 2 N–H and O–H groups in total. The van der Waals surface area contributed by atoms with Gasteiger partial charge in [0, 0.05) is 24.0 Å². The molecule has 1 fully saturated rings. The molecule has 0 amide bonds. The summed E-state index contributed by atoms with van der Waals surface area (Å²) in [6.07, 6.45) is -1.37. The third-order valence-electron chi connectivity index (χ3n) is 6.28. The molecule has 2 bridgehead atoms. The number of ketones is 1. The van der Waals surface area contributed by atoms with Crippen LogP contribution < -0.4 is 9.47 Å². The maximum atomic E-state index is 12.4. The van der Waals surface area contributed by atoms with Crippen LogP contribution in [0, 0.1) is 0 Å². The van der Waals surface area contributed by atoms with Gasteiger partial charge in [-0.3, -0.25) is 9.53 Å². The van der Waals surface area contributed by atoms with Crippen LogP contribution in [-0.2, 0) is 21.0 Å². The Kier molecular flexibility index (Phi) is 2.20. The molecule has 3 heterocycles. The fourth-order valence-corrected chi connectivity index (χ4v) is 5.14. The average molecular weight is 366 g/mol. The van der Waals surface area contributed by atoms with Crippen LogP contribution in [0.5, 0.6) is 17.2 Å². The van der Waals surface area contributed by atoms with Gasteiger partial charge in [0.1, 0.15) is 29.5 Å². The van der Waals surface area contributed by atoms with E-state index < -0.39 is 29.9 Å². The number of aliphatic hydroxyl groups is 1. The van der Waals surface area contributed by atoms with Crippen molar-refractivity contribution >= 4 is 5.78 Å². The Morgan fingerprint density at radius 2 is 1.93 bits per heavy atom. The molecule has 1 saturated heterocycles. The van der Waals surface area contributed by atoms with Crippen LogP contribution in [0.1, 0.15) is 46.0 Å². The molecule has 5 aliphatic rings. The second-order valence-corrected chi connectivity index (χ2v) is 7.67. The van der Waals surface area contributed by atoms with Gasteiger partial charge in [0.2, 0.25) is 5.79 Å². The van der Waals surface area contributed by atoms with Gasteiger partial charge in [0.25, 0.3) is 5.79 Å². The topological polar surface area (TPSA) is 97.8 Å². The van der Waals surface area contributed by atoms with E-state index in [9.17, 15) is 15.0 Å². The molecule has 0 aromatic heterocycles. The quantitative estimate of drug-likeness (QED) is 0.688. The average Bonchev–Trinajstić information content (AvgIpc) is 3.46. The van der Waals surface area contributed by atoms with Crippen molar-refractivity contribution in [2.24, 2.45) is 0 Å². The number of benzene rings is 2. The lowest BCUT2D eigenvalue weighted by molar-refractivity contribution is -0.368. The summed E-state index contributed by atoms with van der Waals surface area (Å²) in [5.74, 6) is -1.52. The highest BCUT2D eigenvalue weighted by molar-refractivity contribution is 5.99. The number of aliphatic hydroxyl groups excluding tert-OH is 1. The van der Waals surface area contributed by atoms with Crippen LogP contribution >= 0.6 is 0 Å². The standard InChI is InChI=1S/C20H14O7/c21-9-6-7-19-14-8(9)2-1-3-11(14)26-20(27-19)15-12(25-19)5-4-10(22)13(15)16(23)17-18(20)24-17/h1-5,16-18,22-23H,6-7H2/t16?,17-,18-,19-,20+/m1/s1. The molecule has 5 atom stereocenters. The minimum atomic E-state index is -1.32. The van der Waals surface area contributed by atoms with E-state index in [2.05, 4.69) is 0 Å². The second kappa shape index (κ2) is 4.11. The van der Waals surface area contributed by atoms with Crippen molar-refractivity contribution in [2.45, 2.75) is 42.7 Å². The van der Waals surface area contributed by atoms with Gasteiger partial charge < -0.3 is 24.4 Å². The van der Waals surface area contributed by atoms with Crippen molar-refractivity contribution in [3.05, 3.63) is 52.6 Å². The molecule has 7 nitrogen and oxygen atoms in total. The zero-order valence-corrected chi connectivity index (χ0v) is 14.0. The Morgan fingerprint density at radius 1 is 1.07 bits per heavy atom. The zero-order valence-electron chi connectivity index (χ0n) is 14.0. The van der Waals surface area contributed by atoms with Crippen LogP contribution in [0.4, 0.5) is 0 Å². The molecule has 7 heteroatoms. The number of hydrogen-bond acceptors (Lipinski definition) is 7. The van der Waals surface area contributed by atoms with E-state index in [0.29, 0.717) is 46.6 Å². The highest BCUT2D eigenvalue weighted by atomic mass is 16.8. The first-order chi connectivity index (χ1) is 13.0. The first kappa shape index (κ1) is 14.4. The molecular formula is C20H14O7. The highest BCUT2D eigenvalue weighted by Gasteiger charge is 2.74. The van der Waals surface area contributed by atoms with Crippen LogP contribution in [0.2, 0.25) is 0 Å². The summed E-state index contributed by atoms with van der Waals surface area (Å²) < 4.78 is 24.9. The molecular weight excluding hydrogens is 352 g/mol. The Hall–Kier alpha value is -2.61. The molecule has 3 aliphatic heterocycles. The van der Waals surface area contributed by atoms with Crippen molar-refractivity contribution in [1.82, 2.24) is 0 Å². The number of rotatable bonds is 0. The highest BCUT2D eigenvalue weighted by Crippen LogP contribution is 2.66. The first-order valence-electron chi connectivity index (χ1n) is 8.99. The number of ether oxygens (including phenoxy) is 4. The van der Waals surface area contributed by atoms with Gasteiger partial charge in [-0.2, -0.15) is 0 Å². The number of aromatic hydroxyl groups is 1. The van der Waals surface area contributed by atoms with E-state index in [4.69, 9.17) is 18.9 Å². The van der Waals surface area contributed by atoms with Crippen molar-refractivity contribution in [3.63, 3.8) is 0 Å². The minimum Gasteiger partial charge on any atom is -0.508 e. The van der Waals surface area contributed by atoms with E-state index in [0.717, 1.165) is 0 Å². The number of phenols is 1. The van der Waals surface area contributed by atoms with Crippen LogP contribution in [0.25, 0.3) is 0 Å². The zero-order chi connectivity index (χ0) is 18.1. The van der Waals surface area contributed by atoms with Gasteiger partial charge in [-0.05, 0) is 18.2 Å². The predicted octanol–water partition coefficient (Wildman–Crippen LogP) is 1.99.